The molecular weight excluding hydrogens is 391 g/mol. The number of hydrogen-bond donors (Lipinski definition) is 0. The number of halogens is 4. The molecule has 1 aromatic carbocycles. The number of carbonyl (C=O) groups excluding carboxylic acids is 1. The molecule has 5 nitrogen and oxygen atoms in total. The van der Waals surface area contributed by atoms with Crippen LogP contribution in [0.5, 0.6) is 0 Å². The normalized spacial score (nSPS) is 18.7. The van der Waals surface area contributed by atoms with Crippen LogP contribution >= 0.6 is 15.9 Å². The van der Waals surface area contributed by atoms with Gasteiger partial charge < -0.3 is 9.32 Å². The molecule has 24 heavy (non-hydrogen) atoms. The van der Waals surface area contributed by atoms with Crippen LogP contribution in [0.25, 0.3) is 0 Å². The summed E-state index contributed by atoms with van der Waals surface area (Å²) >= 11 is 3.34. The van der Waals surface area contributed by atoms with Crippen molar-refractivity contribution in [1.29, 1.82) is 0 Å². The third kappa shape index (κ3) is 3.45. The molecule has 0 radical (unpaired) electrons. The lowest BCUT2D eigenvalue weighted by Crippen LogP contribution is -2.39. The maximum absolute atomic E-state index is 12.6. The van der Waals surface area contributed by atoms with Crippen LogP contribution in [0.4, 0.5) is 13.2 Å². The Balaban J connectivity index is 1.76. The summed E-state index contributed by atoms with van der Waals surface area (Å²) < 4.78 is 43.1. The Morgan fingerprint density at radius 1 is 1.29 bits per heavy atom. The maximum Gasteiger partial charge on any atom is 0.470 e. The zero-order valence-electron chi connectivity index (χ0n) is 12.4. The number of hydrogen-bond acceptors (Lipinski definition) is 4. The largest absolute Gasteiger partial charge is 0.470 e. The summed E-state index contributed by atoms with van der Waals surface area (Å²) in [5, 5.41) is 6.56. The summed E-state index contributed by atoms with van der Waals surface area (Å²) in [6.07, 6.45) is -3.41. The Morgan fingerprint density at radius 2 is 2.04 bits per heavy atom. The minimum Gasteiger partial charge on any atom is -0.417 e. The smallest absolute Gasteiger partial charge is 0.417 e. The average Bonchev–Trinajstić information content (AvgIpc) is 3.05. The average molecular weight is 404 g/mol. The fourth-order valence-corrected chi connectivity index (χ4v) is 3.14. The van der Waals surface area contributed by atoms with Gasteiger partial charge in [-0.25, -0.2) is 0 Å². The lowest BCUT2D eigenvalue weighted by molar-refractivity contribution is -0.157. The van der Waals surface area contributed by atoms with Crippen molar-refractivity contribution in [3.8, 4) is 0 Å². The van der Waals surface area contributed by atoms with Gasteiger partial charge in [-0.15, -0.1) is 10.2 Å². The molecule has 1 saturated heterocycles. The van der Waals surface area contributed by atoms with E-state index in [1.165, 1.54) is 0 Å². The number of nitrogens with zero attached hydrogens (tertiary/aromatic N) is 3. The molecule has 1 atom stereocenters. The highest BCUT2D eigenvalue weighted by atomic mass is 79.9. The van der Waals surface area contributed by atoms with Gasteiger partial charge in [-0.3, -0.25) is 4.79 Å². The van der Waals surface area contributed by atoms with Crippen molar-refractivity contribution >= 4 is 21.8 Å². The minimum atomic E-state index is -4.66. The summed E-state index contributed by atoms with van der Waals surface area (Å²) in [5.74, 6) is -2.00. The molecule has 1 aliphatic heterocycles. The molecule has 1 aliphatic rings. The zero-order chi connectivity index (χ0) is 17.3. The number of benzene rings is 1. The van der Waals surface area contributed by atoms with Crippen LogP contribution in [0.3, 0.4) is 0 Å². The number of rotatable bonds is 2. The van der Waals surface area contributed by atoms with Gasteiger partial charge in [0.2, 0.25) is 5.89 Å². The summed E-state index contributed by atoms with van der Waals surface area (Å²) in [7, 11) is 0. The van der Waals surface area contributed by atoms with Crippen molar-refractivity contribution in [3.63, 3.8) is 0 Å². The van der Waals surface area contributed by atoms with Crippen molar-refractivity contribution in [2.24, 2.45) is 0 Å². The molecule has 2 aromatic rings. The quantitative estimate of drug-likeness (QED) is 0.763. The highest BCUT2D eigenvalue weighted by Crippen LogP contribution is 2.32. The van der Waals surface area contributed by atoms with Crippen molar-refractivity contribution in [2.75, 3.05) is 13.1 Å². The van der Waals surface area contributed by atoms with Gasteiger partial charge in [0.15, 0.2) is 0 Å². The van der Waals surface area contributed by atoms with E-state index in [4.69, 9.17) is 4.42 Å². The molecule has 0 spiro atoms. The first kappa shape index (κ1) is 16.9. The van der Waals surface area contributed by atoms with E-state index in [1.807, 2.05) is 0 Å². The molecule has 9 heteroatoms. The summed E-state index contributed by atoms with van der Waals surface area (Å²) in [6.45, 7) is 0.788. The standard InChI is InChI=1S/C15H13BrF3N3O2/c16-11-6-2-1-5-10(11)13(23)22-7-3-4-9(8-22)12-20-21-14(24-12)15(17,18)19/h1-2,5-6,9H,3-4,7-8H2/t9-/m0/s1. The van der Waals surface area contributed by atoms with Crippen molar-refractivity contribution in [3.05, 3.63) is 46.1 Å². The first-order valence-electron chi connectivity index (χ1n) is 7.30. The number of carbonyl (C=O) groups is 1. The SMILES string of the molecule is O=C(c1ccccc1Br)N1CCC[C@H](c2nnc(C(F)(F)F)o2)C1. The second kappa shape index (κ2) is 6.54. The Bertz CT molecular complexity index is 748. The lowest BCUT2D eigenvalue weighted by atomic mass is 9.97. The van der Waals surface area contributed by atoms with Crippen LogP contribution in [-0.2, 0) is 6.18 Å². The fraction of sp³-hybridized carbons (Fsp3) is 0.400. The first-order valence-corrected chi connectivity index (χ1v) is 8.10. The first-order chi connectivity index (χ1) is 11.4. The van der Waals surface area contributed by atoms with Crippen molar-refractivity contribution in [2.45, 2.75) is 24.9 Å². The Labute approximate surface area is 144 Å². The summed E-state index contributed by atoms with van der Waals surface area (Å²) in [5.41, 5.74) is 0.514. The van der Waals surface area contributed by atoms with E-state index in [0.717, 1.165) is 0 Å². The van der Waals surface area contributed by atoms with Gasteiger partial charge in [0.25, 0.3) is 5.91 Å². The van der Waals surface area contributed by atoms with E-state index in [9.17, 15) is 18.0 Å². The Morgan fingerprint density at radius 3 is 2.71 bits per heavy atom. The molecular formula is C15H13BrF3N3O2. The van der Waals surface area contributed by atoms with E-state index in [0.29, 0.717) is 29.4 Å². The Kier molecular flexibility index (Phi) is 4.62. The number of amides is 1. The molecule has 1 fully saturated rings. The van der Waals surface area contributed by atoms with Gasteiger partial charge in [-0.05, 0) is 40.9 Å². The molecule has 128 valence electrons. The fourth-order valence-electron chi connectivity index (χ4n) is 2.68. The predicted molar refractivity (Wildman–Crippen MR) is 81.3 cm³/mol. The van der Waals surface area contributed by atoms with Gasteiger partial charge in [-0.2, -0.15) is 13.2 Å². The predicted octanol–water partition coefficient (Wildman–Crippen LogP) is 3.87. The molecule has 0 unspecified atom stereocenters. The molecule has 1 amide bonds. The van der Waals surface area contributed by atoms with Gasteiger partial charge in [0.1, 0.15) is 0 Å². The van der Waals surface area contributed by atoms with E-state index >= 15 is 0 Å². The maximum atomic E-state index is 12.6. The third-order valence-corrected chi connectivity index (χ3v) is 4.54. The summed E-state index contributed by atoms with van der Waals surface area (Å²) in [4.78, 5) is 14.2. The van der Waals surface area contributed by atoms with Crippen LogP contribution in [0.1, 0.15) is 40.9 Å². The van der Waals surface area contributed by atoms with E-state index in [1.54, 1.807) is 29.2 Å². The highest BCUT2D eigenvalue weighted by Gasteiger charge is 2.39. The van der Waals surface area contributed by atoms with Gasteiger partial charge in [-0.1, -0.05) is 12.1 Å². The molecule has 0 saturated carbocycles. The number of alkyl halides is 3. The van der Waals surface area contributed by atoms with Crippen LogP contribution in [0.2, 0.25) is 0 Å². The molecule has 0 bridgehead atoms. The molecule has 0 aliphatic carbocycles. The van der Waals surface area contributed by atoms with Gasteiger partial charge in [0, 0.05) is 17.6 Å². The topological polar surface area (TPSA) is 59.2 Å². The van der Waals surface area contributed by atoms with Crippen LogP contribution in [0, 0.1) is 0 Å². The van der Waals surface area contributed by atoms with E-state index < -0.39 is 18.0 Å². The molecule has 2 heterocycles. The molecule has 1 aromatic heterocycles. The number of aromatic nitrogens is 2. The summed E-state index contributed by atoms with van der Waals surface area (Å²) in [6, 6.07) is 7.02. The van der Waals surface area contributed by atoms with Gasteiger partial charge in [0.05, 0.1) is 11.5 Å². The van der Waals surface area contributed by atoms with E-state index in [2.05, 4.69) is 26.1 Å². The van der Waals surface area contributed by atoms with E-state index in [-0.39, 0.29) is 18.3 Å². The highest BCUT2D eigenvalue weighted by molar-refractivity contribution is 9.10. The second-order valence-electron chi connectivity index (χ2n) is 5.51. The molecule has 3 rings (SSSR count). The monoisotopic (exact) mass is 403 g/mol. The second-order valence-corrected chi connectivity index (χ2v) is 6.37. The number of piperidine rings is 1. The minimum absolute atomic E-state index is 0.0769. The van der Waals surface area contributed by atoms with Crippen LogP contribution in [0.15, 0.2) is 33.2 Å². The number of likely N-dealkylation sites (tertiary alicyclic amines) is 1. The van der Waals surface area contributed by atoms with Gasteiger partial charge >= 0.3 is 12.1 Å². The van der Waals surface area contributed by atoms with Crippen LogP contribution < -0.4 is 0 Å². The third-order valence-electron chi connectivity index (χ3n) is 3.85. The lowest BCUT2D eigenvalue weighted by Gasteiger charge is -2.31. The van der Waals surface area contributed by atoms with Crippen molar-refractivity contribution < 1.29 is 22.4 Å². The Hall–Kier alpha value is -1.90. The van der Waals surface area contributed by atoms with Crippen LogP contribution in [-0.4, -0.2) is 34.1 Å². The zero-order valence-corrected chi connectivity index (χ0v) is 14.0. The molecule has 0 N–H and O–H groups in total. The van der Waals surface area contributed by atoms with Crippen molar-refractivity contribution in [1.82, 2.24) is 15.1 Å².